The quantitative estimate of drug-likeness (QED) is 0.229. The number of benzene rings is 6. The van der Waals surface area contributed by atoms with Crippen molar-refractivity contribution in [3.63, 3.8) is 0 Å². The Bertz CT molecular complexity index is 2160. The lowest BCUT2D eigenvalue weighted by atomic mass is 10.0. The van der Waals surface area contributed by atoms with Gasteiger partial charge in [-0.3, -0.25) is 0 Å². The molecule has 184 valence electrons. The highest BCUT2D eigenvalue weighted by molar-refractivity contribution is 6.12. The van der Waals surface area contributed by atoms with Gasteiger partial charge >= 0.3 is 0 Å². The summed E-state index contributed by atoms with van der Waals surface area (Å²) in [5, 5.41) is 5.14. The van der Waals surface area contributed by atoms with Crippen molar-refractivity contribution in [2.75, 3.05) is 0 Å². The van der Waals surface area contributed by atoms with Crippen molar-refractivity contribution in [1.29, 1.82) is 0 Å². The molecule has 0 atom stereocenters. The summed E-state index contributed by atoms with van der Waals surface area (Å²) in [6.07, 6.45) is 0. The zero-order chi connectivity index (χ0) is 25.9. The fourth-order valence-electron chi connectivity index (χ4n) is 6.21. The lowest BCUT2D eigenvalue weighted by Crippen LogP contribution is -1.93. The Balaban J connectivity index is 1.29. The zero-order valence-corrected chi connectivity index (χ0v) is 21.7. The van der Waals surface area contributed by atoms with E-state index in [0.717, 1.165) is 0 Å². The van der Waals surface area contributed by atoms with Crippen molar-refractivity contribution in [3.8, 4) is 27.9 Å². The average molecular weight is 499 g/mol. The minimum absolute atomic E-state index is 1.17. The molecular formula is C37H26N2. The maximum absolute atomic E-state index is 2.39. The largest absolute Gasteiger partial charge is 0.344 e. The van der Waals surface area contributed by atoms with Crippen LogP contribution in [-0.2, 0) is 7.05 Å². The lowest BCUT2D eigenvalue weighted by molar-refractivity contribution is 1.01. The van der Waals surface area contributed by atoms with Crippen molar-refractivity contribution in [2.24, 2.45) is 7.05 Å². The van der Waals surface area contributed by atoms with Gasteiger partial charge in [-0.2, -0.15) is 0 Å². The molecule has 0 fully saturated rings. The summed E-state index contributed by atoms with van der Waals surface area (Å²) in [7, 11) is 2.15. The summed E-state index contributed by atoms with van der Waals surface area (Å²) < 4.78 is 4.67. The highest BCUT2D eigenvalue weighted by Crippen LogP contribution is 2.37. The first kappa shape index (κ1) is 22.0. The van der Waals surface area contributed by atoms with E-state index < -0.39 is 0 Å². The SMILES string of the molecule is Cn1c2ccccc2c2cc(-c3ccc4c(c3)c3ccccc3n4-c3ccc(-c4ccccc4)cc3)ccc21. The van der Waals surface area contributed by atoms with E-state index in [1.165, 1.54) is 71.6 Å². The molecule has 0 amide bonds. The Hall–Kier alpha value is -5.08. The number of aryl methyl sites for hydroxylation is 1. The summed E-state index contributed by atoms with van der Waals surface area (Å²) in [5.41, 5.74) is 11.1. The molecule has 0 bridgehead atoms. The van der Waals surface area contributed by atoms with Crippen LogP contribution in [0.1, 0.15) is 0 Å². The van der Waals surface area contributed by atoms with Crippen molar-refractivity contribution in [1.82, 2.24) is 9.13 Å². The fourth-order valence-corrected chi connectivity index (χ4v) is 6.21. The molecule has 0 unspecified atom stereocenters. The smallest absolute Gasteiger partial charge is 0.0541 e. The van der Waals surface area contributed by atoms with E-state index in [0.29, 0.717) is 0 Å². The molecule has 0 aliphatic rings. The second-order valence-corrected chi connectivity index (χ2v) is 10.3. The molecule has 2 heterocycles. The van der Waals surface area contributed by atoms with E-state index in [1.54, 1.807) is 0 Å². The summed E-state index contributed by atoms with van der Waals surface area (Å²) in [6.45, 7) is 0. The molecule has 0 aliphatic heterocycles. The molecule has 8 aromatic rings. The van der Waals surface area contributed by atoms with Crippen LogP contribution >= 0.6 is 0 Å². The Labute approximate surface area is 227 Å². The van der Waals surface area contributed by atoms with Crippen molar-refractivity contribution in [2.45, 2.75) is 0 Å². The molecule has 6 aromatic carbocycles. The van der Waals surface area contributed by atoms with E-state index in [-0.39, 0.29) is 0 Å². The van der Waals surface area contributed by atoms with Crippen LogP contribution in [-0.4, -0.2) is 9.13 Å². The standard InChI is InChI=1S/C37H26N2/c1-38-34-13-7-5-11-30(34)32-23-27(17-21-35(32)38)28-18-22-37-33(24-28)31-12-6-8-14-36(31)39(37)29-19-15-26(16-20-29)25-9-3-2-4-10-25/h2-24H,1H3. The fraction of sp³-hybridized carbons (Fsp3) is 0.0270. The highest BCUT2D eigenvalue weighted by Gasteiger charge is 2.14. The molecule has 0 saturated carbocycles. The molecule has 0 spiro atoms. The van der Waals surface area contributed by atoms with Gasteiger partial charge in [0.05, 0.1) is 11.0 Å². The minimum Gasteiger partial charge on any atom is -0.344 e. The maximum atomic E-state index is 2.39. The Morgan fingerprint density at radius 2 is 0.821 bits per heavy atom. The Morgan fingerprint density at radius 1 is 0.359 bits per heavy atom. The van der Waals surface area contributed by atoms with Crippen LogP contribution < -0.4 is 0 Å². The van der Waals surface area contributed by atoms with E-state index in [1.807, 2.05) is 0 Å². The number of para-hydroxylation sites is 2. The Morgan fingerprint density at radius 3 is 1.54 bits per heavy atom. The van der Waals surface area contributed by atoms with Gasteiger partial charge < -0.3 is 9.13 Å². The Kier molecular flexibility index (Phi) is 4.77. The highest BCUT2D eigenvalue weighted by atomic mass is 15.0. The molecule has 0 N–H and O–H groups in total. The van der Waals surface area contributed by atoms with Gasteiger partial charge in [-0.25, -0.2) is 0 Å². The van der Waals surface area contributed by atoms with Crippen LogP contribution in [0, 0.1) is 0 Å². The first-order valence-electron chi connectivity index (χ1n) is 13.4. The predicted octanol–water partition coefficient (Wildman–Crippen LogP) is 9.76. The third-order valence-corrected chi connectivity index (χ3v) is 8.15. The van der Waals surface area contributed by atoms with Gasteiger partial charge in [-0.1, -0.05) is 91.0 Å². The van der Waals surface area contributed by atoms with Gasteiger partial charge in [0, 0.05) is 45.3 Å². The lowest BCUT2D eigenvalue weighted by Gasteiger charge is -2.10. The molecule has 39 heavy (non-hydrogen) atoms. The van der Waals surface area contributed by atoms with Crippen molar-refractivity contribution >= 4 is 43.6 Å². The van der Waals surface area contributed by atoms with Crippen molar-refractivity contribution < 1.29 is 0 Å². The number of hydrogen-bond acceptors (Lipinski definition) is 0. The second kappa shape index (κ2) is 8.47. The minimum atomic E-state index is 1.17. The molecule has 2 nitrogen and oxygen atoms in total. The molecule has 2 aromatic heterocycles. The van der Waals surface area contributed by atoms with Crippen LogP contribution in [0.4, 0.5) is 0 Å². The van der Waals surface area contributed by atoms with Crippen LogP contribution in [0.25, 0.3) is 71.6 Å². The van der Waals surface area contributed by atoms with Gasteiger partial charge in [-0.15, -0.1) is 0 Å². The van der Waals surface area contributed by atoms with Crippen LogP contribution in [0.15, 0.2) is 140 Å². The molecule has 8 rings (SSSR count). The van der Waals surface area contributed by atoms with Gasteiger partial charge in [0.15, 0.2) is 0 Å². The summed E-state index contributed by atoms with van der Waals surface area (Å²) in [6, 6.07) is 50.6. The molecule has 0 saturated heterocycles. The summed E-state index contributed by atoms with van der Waals surface area (Å²) >= 11 is 0. The van der Waals surface area contributed by atoms with Gasteiger partial charge in [0.1, 0.15) is 0 Å². The molecule has 2 heteroatoms. The third-order valence-electron chi connectivity index (χ3n) is 8.15. The molecule has 0 radical (unpaired) electrons. The summed E-state index contributed by atoms with van der Waals surface area (Å²) in [5.74, 6) is 0. The van der Waals surface area contributed by atoms with Crippen molar-refractivity contribution in [3.05, 3.63) is 140 Å². The topological polar surface area (TPSA) is 9.86 Å². The number of nitrogens with zero attached hydrogens (tertiary/aromatic N) is 2. The first-order chi connectivity index (χ1) is 19.3. The first-order valence-corrected chi connectivity index (χ1v) is 13.4. The number of rotatable bonds is 3. The number of fused-ring (bicyclic) bond motifs is 6. The van der Waals surface area contributed by atoms with Gasteiger partial charge in [-0.05, 0) is 70.8 Å². The zero-order valence-electron chi connectivity index (χ0n) is 21.7. The molecule has 0 aliphatic carbocycles. The van der Waals surface area contributed by atoms with E-state index >= 15 is 0 Å². The number of hydrogen-bond donors (Lipinski definition) is 0. The molecular weight excluding hydrogens is 472 g/mol. The summed E-state index contributed by atoms with van der Waals surface area (Å²) in [4.78, 5) is 0. The van der Waals surface area contributed by atoms with E-state index in [9.17, 15) is 0 Å². The normalized spacial score (nSPS) is 11.7. The van der Waals surface area contributed by atoms with Crippen LogP contribution in [0.5, 0.6) is 0 Å². The van der Waals surface area contributed by atoms with E-state index in [2.05, 4.69) is 156 Å². The third kappa shape index (κ3) is 3.35. The van der Waals surface area contributed by atoms with Crippen LogP contribution in [0.3, 0.4) is 0 Å². The average Bonchev–Trinajstić information content (AvgIpc) is 3.49. The number of aromatic nitrogens is 2. The second-order valence-electron chi connectivity index (χ2n) is 10.3. The van der Waals surface area contributed by atoms with Gasteiger partial charge in [0.2, 0.25) is 0 Å². The van der Waals surface area contributed by atoms with Gasteiger partial charge in [0.25, 0.3) is 0 Å². The van der Waals surface area contributed by atoms with Crippen LogP contribution in [0.2, 0.25) is 0 Å². The predicted molar refractivity (Wildman–Crippen MR) is 166 cm³/mol. The maximum Gasteiger partial charge on any atom is 0.0541 e. The monoisotopic (exact) mass is 498 g/mol. The van der Waals surface area contributed by atoms with E-state index in [4.69, 9.17) is 0 Å².